The fourth-order valence-corrected chi connectivity index (χ4v) is 3.57. The van der Waals surface area contributed by atoms with E-state index in [9.17, 15) is 0 Å². The first-order chi connectivity index (χ1) is 13.8. The van der Waals surface area contributed by atoms with Gasteiger partial charge < -0.3 is 0 Å². The van der Waals surface area contributed by atoms with Gasteiger partial charge in [0, 0.05) is 22.7 Å². The zero-order valence-electron chi connectivity index (χ0n) is 15.3. The molecule has 0 aliphatic carbocycles. The molecule has 0 bridgehead atoms. The smallest absolute Gasteiger partial charge is 0.190 e. The summed E-state index contributed by atoms with van der Waals surface area (Å²) in [6, 6.07) is 40.9. The van der Waals surface area contributed by atoms with Gasteiger partial charge in [-0.15, -0.1) is 0 Å². The number of hydrogen-bond acceptors (Lipinski definition) is 1. The molecule has 0 spiro atoms. The molecule has 0 aliphatic heterocycles. The van der Waals surface area contributed by atoms with Crippen molar-refractivity contribution in [1.82, 2.24) is 0 Å². The summed E-state index contributed by atoms with van der Waals surface area (Å²) in [6.07, 6.45) is 0. The maximum absolute atomic E-state index is 6.08. The van der Waals surface area contributed by atoms with Gasteiger partial charge in [-0.05, 0) is 60.7 Å². The van der Waals surface area contributed by atoms with Gasteiger partial charge in [0.05, 0.1) is 0 Å². The normalized spacial score (nSPS) is 10.3. The van der Waals surface area contributed by atoms with Gasteiger partial charge in [-0.1, -0.05) is 72.8 Å². The van der Waals surface area contributed by atoms with Crippen molar-refractivity contribution in [2.24, 2.45) is 0 Å². The molecule has 0 radical (unpaired) electrons. The second-order valence-electron chi connectivity index (χ2n) is 6.30. The molecule has 136 valence electrons. The van der Waals surface area contributed by atoms with Gasteiger partial charge in [-0.3, -0.25) is 9.80 Å². The molecule has 0 saturated carbocycles. The van der Waals surface area contributed by atoms with Gasteiger partial charge in [-0.2, -0.15) is 0 Å². The molecule has 0 saturated heterocycles. The summed E-state index contributed by atoms with van der Waals surface area (Å²) in [5.41, 5.74) is 4.09. The average Bonchev–Trinajstić information content (AvgIpc) is 2.77. The van der Waals surface area contributed by atoms with Crippen LogP contribution in [-0.4, -0.2) is 5.11 Å². The summed E-state index contributed by atoms with van der Waals surface area (Å²) in [5, 5.41) is 0.690. The van der Waals surface area contributed by atoms with Crippen LogP contribution in [0.4, 0.5) is 22.7 Å². The molecule has 4 aromatic carbocycles. The van der Waals surface area contributed by atoms with Gasteiger partial charge in [0.2, 0.25) is 0 Å². The summed E-state index contributed by atoms with van der Waals surface area (Å²) in [5.74, 6) is 0. The maximum atomic E-state index is 6.08. The molecule has 2 nitrogen and oxygen atoms in total. The van der Waals surface area contributed by atoms with Crippen molar-refractivity contribution in [2.75, 3.05) is 9.80 Å². The van der Waals surface area contributed by atoms with Crippen molar-refractivity contribution in [3.05, 3.63) is 121 Å². The van der Waals surface area contributed by atoms with Crippen LogP contribution < -0.4 is 9.80 Å². The Bertz CT molecular complexity index is 855. The highest BCUT2D eigenvalue weighted by Crippen LogP contribution is 2.32. The average molecular weight is 381 g/mol. The Labute approximate surface area is 171 Å². The minimum absolute atomic E-state index is 0.690. The zero-order chi connectivity index (χ0) is 19.2. The second-order valence-corrected chi connectivity index (χ2v) is 6.66. The molecule has 0 aliphatic rings. The summed E-state index contributed by atoms with van der Waals surface area (Å²) in [7, 11) is 0. The molecule has 28 heavy (non-hydrogen) atoms. The van der Waals surface area contributed by atoms with Crippen molar-refractivity contribution in [1.29, 1.82) is 0 Å². The molecule has 0 atom stereocenters. The molecule has 0 aromatic heterocycles. The molecule has 4 aromatic rings. The van der Waals surface area contributed by atoms with E-state index in [4.69, 9.17) is 12.2 Å². The highest BCUT2D eigenvalue weighted by atomic mass is 32.1. The van der Waals surface area contributed by atoms with Crippen molar-refractivity contribution >= 4 is 40.1 Å². The monoisotopic (exact) mass is 380 g/mol. The quantitative estimate of drug-likeness (QED) is 0.354. The summed E-state index contributed by atoms with van der Waals surface area (Å²) < 4.78 is 0. The SMILES string of the molecule is S=C(N(c1ccccc1)c1ccccc1)N(c1ccccc1)c1ccccc1. The van der Waals surface area contributed by atoms with Crippen LogP contribution in [0.5, 0.6) is 0 Å². The van der Waals surface area contributed by atoms with Gasteiger partial charge in [-0.25, -0.2) is 0 Å². The van der Waals surface area contributed by atoms with Gasteiger partial charge in [0.15, 0.2) is 5.11 Å². The Kier molecular flexibility index (Phi) is 5.46. The number of nitrogens with zero attached hydrogens (tertiary/aromatic N) is 2. The lowest BCUT2D eigenvalue weighted by Gasteiger charge is -2.34. The number of rotatable bonds is 4. The Balaban J connectivity index is 1.85. The van der Waals surface area contributed by atoms with Gasteiger partial charge >= 0.3 is 0 Å². The predicted molar refractivity (Wildman–Crippen MR) is 123 cm³/mol. The highest BCUT2D eigenvalue weighted by Gasteiger charge is 2.22. The lowest BCUT2D eigenvalue weighted by molar-refractivity contribution is 1.27. The standard InChI is InChI=1S/C25H20N2S/c28-25(26(21-13-5-1-6-14-21)22-15-7-2-8-16-22)27(23-17-9-3-10-18-23)24-19-11-4-12-20-24/h1-20H. The van der Waals surface area contributed by atoms with Gasteiger partial charge in [0.1, 0.15) is 0 Å². The van der Waals surface area contributed by atoms with Crippen molar-refractivity contribution < 1.29 is 0 Å². The number of para-hydroxylation sites is 4. The molecule has 3 heteroatoms. The third-order valence-electron chi connectivity index (χ3n) is 4.44. The molecule has 4 rings (SSSR count). The summed E-state index contributed by atoms with van der Waals surface area (Å²) in [4.78, 5) is 4.21. The van der Waals surface area contributed by atoms with Crippen LogP contribution in [0.25, 0.3) is 0 Å². The van der Waals surface area contributed by atoms with E-state index in [2.05, 4.69) is 58.3 Å². The predicted octanol–water partition coefficient (Wildman–Crippen LogP) is 6.95. The molecule has 0 N–H and O–H groups in total. The maximum Gasteiger partial charge on any atom is 0.190 e. The van der Waals surface area contributed by atoms with Crippen LogP contribution in [0.1, 0.15) is 0 Å². The first kappa shape index (κ1) is 18.0. The number of benzene rings is 4. The van der Waals surface area contributed by atoms with Crippen molar-refractivity contribution in [3.63, 3.8) is 0 Å². The topological polar surface area (TPSA) is 6.48 Å². The Hall–Kier alpha value is -3.43. The highest BCUT2D eigenvalue weighted by molar-refractivity contribution is 7.80. The van der Waals surface area contributed by atoms with E-state index < -0.39 is 0 Å². The van der Waals surface area contributed by atoms with E-state index in [1.54, 1.807) is 0 Å². The number of anilines is 4. The number of hydrogen-bond donors (Lipinski definition) is 0. The minimum Gasteiger partial charge on any atom is -0.287 e. The lowest BCUT2D eigenvalue weighted by atomic mass is 10.2. The van der Waals surface area contributed by atoms with E-state index in [0.717, 1.165) is 22.7 Å². The Morgan fingerprint density at radius 1 is 0.393 bits per heavy atom. The van der Waals surface area contributed by atoms with E-state index in [0.29, 0.717) is 5.11 Å². The van der Waals surface area contributed by atoms with E-state index in [1.165, 1.54) is 0 Å². The Morgan fingerprint density at radius 3 is 0.821 bits per heavy atom. The van der Waals surface area contributed by atoms with E-state index in [-0.39, 0.29) is 0 Å². The lowest BCUT2D eigenvalue weighted by Crippen LogP contribution is -2.37. The molecular formula is C25H20N2S. The molecule has 0 fully saturated rings. The van der Waals surface area contributed by atoms with Crippen LogP contribution in [0, 0.1) is 0 Å². The third-order valence-corrected chi connectivity index (χ3v) is 4.81. The molecule has 0 heterocycles. The van der Waals surface area contributed by atoms with Crippen LogP contribution >= 0.6 is 12.2 Å². The van der Waals surface area contributed by atoms with Crippen LogP contribution in [0.15, 0.2) is 121 Å². The minimum atomic E-state index is 0.690. The van der Waals surface area contributed by atoms with E-state index in [1.807, 2.05) is 72.8 Å². The van der Waals surface area contributed by atoms with Crippen molar-refractivity contribution in [2.45, 2.75) is 0 Å². The second kappa shape index (κ2) is 8.51. The van der Waals surface area contributed by atoms with Crippen LogP contribution in [0.3, 0.4) is 0 Å². The van der Waals surface area contributed by atoms with Crippen molar-refractivity contribution in [3.8, 4) is 0 Å². The first-order valence-corrected chi connectivity index (χ1v) is 9.60. The van der Waals surface area contributed by atoms with E-state index >= 15 is 0 Å². The molecular weight excluding hydrogens is 360 g/mol. The molecule has 0 unspecified atom stereocenters. The summed E-state index contributed by atoms with van der Waals surface area (Å²) in [6.45, 7) is 0. The number of thiocarbonyl (C=S) groups is 1. The Morgan fingerprint density at radius 2 is 0.607 bits per heavy atom. The fourth-order valence-electron chi connectivity index (χ4n) is 3.15. The summed E-state index contributed by atoms with van der Waals surface area (Å²) >= 11 is 6.08. The largest absolute Gasteiger partial charge is 0.287 e. The molecule has 0 amide bonds. The third kappa shape index (κ3) is 3.80. The zero-order valence-corrected chi connectivity index (χ0v) is 16.2. The van der Waals surface area contributed by atoms with Gasteiger partial charge in [0.25, 0.3) is 0 Å². The first-order valence-electron chi connectivity index (χ1n) is 9.19. The van der Waals surface area contributed by atoms with Crippen LogP contribution in [-0.2, 0) is 0 Å². The fraction of sp³-hybridized carbons (Fsp3) is 0. The van der Waals surface area contributed by atoms with Crippen LogP contribution in [0.2, 0.25) is 0 Å².